The highest BCUT2D eigenvalue weighted by Gasteiger charge is 2.08. The van der Waals surface area contributed by atoms with E-state index in [9.17, 15) is 0 Å². The van der Waals surface area contributed by atoms with Gasteiger partial charge in [-0.3, -0.25) is 4.90 Å². The summed E-state index contributed by atoms with van der Waals surface area (Å²) in [6.45, 7) is 2.81. The van der Waals surface area contributed by atoms with Crippen molar-refractivity contribution in [3.8, 4) is 0 Å². The molecule has 1 aromatic carbocycles. The van der Waals surface area contributed by atoms with Crippen molar-refractivity contribution in [1.29, 1.82) is 0 Å². The number of nitrogens with zero attached hydrogens (tertiary/aromatic N) is 1. The summed E-state index contributed by atoms with van der Waals surface area (Å²) < 4.78 is 1.18. The minimum absolute atomic E-state index is 0.666. The van der Waals surface area contributed by atoms with Gasteiger partial charge in [0.1, 0.15) is 0 Å². The van der Waals surface area contributed by atoms with Gasteiger partial charge in [0.15, 0.2) is 0 Å². The highest BCUT2D eigenvalue weighted by atomic mass is 79.9. The topological polar surface area (TPSA) is 3.24 Å². The number of hydrogen-bond acceptors (Lipinski definition) is 2. The van der Waals surface area contributed by atoms with Crippen molar-refractivity contribution in [2.75, 3.05) is 12.4 Å². The van der Waals surface area contributed by atoms with Crippen LogP contribution in [0.3, 0.4) is 0 Å². The van der Waals surface area contributed by atoms with Crippen molar-refractivity contribution in [2.45, 2.75) is 13.1 Å². The highest BCUT2D eigenvalue weighted by Crippen LogP contribution is 2.23. The Morgan fingerprint density at radius 2 is 1.83 bits per heavy atom. The lowest BCUT2D eigenvalue weighted by Crippen LogP contribution is -2.24. The molecule has 4 heteroatoms. The summed E-state index contributed by atoms with van der Waals surface area (Å²) in [5.41, 5.74) is 1.33. The molecule has 0 aliphatic rings. The maximum absolute atomic E-state index is 5.89. The largest absolute Gasteiger partial charge is 0.293 e. The second-order valence-electron chi connectivity index (χ2n) is 4.09. The van der Waals surface area contributed by atoms with E-state index in [0.29, 0.717) is 5.88 Å². The van der Waals surface area contributed by atoms with Gasteiger partial charge in [0.2, 0.25) is 0 Å². The van der Waals surface area contributed by atoms with E-state index in [-0.39, 0.29) is 0 Å². The maximum Gasteiger partial charge on any atom is 0.0701 e. The monoisotopic (exact) mass is 343 g/mol. The lowest BCUT2D eigenvalue weighted by atomic mass is 10.2. The van der Waals surface area contributed by atoms with Crippen LogP contribution in [0.5, 0.6) is 0 Å². The predicted molar refractivity (Wildman–Crippen MR) is 83.3 cm³/mol. The average Bonchev–Trinajstić information content (AvgIpc) is 2.76. The number of benzene rings is 1. The Morgan fingerprint density at radius 1 is 1.06 bits per heavy atom. The SMILES string of the molecule is ClCCN(Cc1ccccc1)Cc1ccc(Br)s1. The number of thiophene rings is 1. The van der Waals surface area contributed by atoms with Gasteiger partial charge in [-0.05, 0) is 33.6 Å². The van der Waals surface area contributed by atoms with Gasteiger partial charge in [0, 0.05) is 30.4 Å². The van der Waals surface area contributed by atoms with Gasteiger partial charge in [-0.2, -0.15) is 0 Å². The zero-order valence-electron chi connectivity index (χ0n) is 9.98. The average molecular weight is 345 g/mol. The third-order valence-corrected chi connectivity index (χ3v) is 4.44. The highest BCUT2D eigenvalue weighted by molar-refractivity contribution is 9.11. The van der Waals surface area contributed by atoms with E-state index in [1.807, 2.05) is 6.07 Å². The van der Waals surface area contributed by atoms with Crippen LogP contribution in [-0.2, 0) is 13.1 Å². The molecule has 0 atom stereocenters. The third kappa shape index (κ3) is 4.39. The lowest BCUT2D eigenvalue weighted by molar-refractivity contribution is 0.275. The van der Waals surface area contributed by atoms with Crippen LogP contribution in [0.25, 0.3) is 0 Å². The molecule has 1 heterocycles. The van der Waals surface area contributed by atoms with E-state index in [1.165, 1.54) is 14.2 Å². The molecule has 0 saturated heterocycles. The van der Waals surface area contributed by atoms with Gasteiger partial charge >= 0.3 is 0 Å². The first-order valence-corrected chi connectivity index (χ1v) is 7.99. The summed E-state index contributed by atoms with van der Waals surface area (Å²) in [5, 5.41) is 0. The Bertz CT molecular complexity index is 472. The molecule has 2 aromatic rings. The van der Waals surface area contributed by atoms with Crippen molar-refractivity contribution in [1.82, 2.24) is 4.90 Å². The van der Waals surface area contributed by atoms with E-state index >= 15 is 0 Å². The molecule has 2 rings (SSSR count). The fourth-order valence-electron chi connectivity index (χ4n) is 1.83. The van der Waals surface area contributed by atoms with Crippen LogP contribution in [0.2, 0.25) is 0 Å². The molecule has 0 amide bonds. The molecule has 1 nitrogen and oxygen atoms in total. The molecule has 0 saturated carbocycles. The number of alkyl halides is 1. The molecule has 18 heavy (non-hydrogen) atoms. The lowest BCUT2D eigenvalue weighted by Gasteiger charge is -2.20. The van der Waals surface area contributed by atoms with Gasteiger partial charge in [-0.1, -0.05) is 30.3 Å². The minimum atomic E-state index is 0.666. The standard InChI is InChI=1S/C14H15BrClNS/c15-14-7-6-13(18-14)11-17(9-8-16)10-12-4-2-1-3-5-12/h1-7H,8-11H2. The predicted octanol–water partition coefficient (Wildman–Crippen LogP) is 4.75. The fourth-order valence-corrected chi connectivity index (χ4v) is 3.60. The molecule has 1 aromatic heterocycles. The molecule has 0 unspecified atom stereocenters. The van der Waals surface area contributed by atoms with Gasteiger partial charge in [0.05, 0.1) is 3.79 Å². The Balaban J connectivity index is 1.99. The molecule has 0 aliphatic carbocycles. The van der Waals surface area contributed by atoms with Crippen molar-refractivity contribution >= 4 is 38.9 Å². The normalized spacial score (nSPS) is 11.1. The van der Waals surface area contributed by atoms with Crippen LogP contribution in [0.1, 0.15) is 10.4 Å². The zero-order valence-corrected chi connectivity index (χ0v) is 13.1. The number of hydrogen-bond donors (Lipinski definition) is 0. The smallest absolute Gasteiger partial charge is 0.0701 e. The van der Waals surface area contributed by atoms with Crippen LogP contribution in [0.4, 0.5) is 0 Å². The van der Waals surface area contributed by atoms with Gasteiger partial charge in [-0.15, -0.1) is 22.9 Å². The summed E-state index contributed by atoms with van der Waals surface area (Å²) >= 11 is 11.2. The molecule has 0 fully saturated rings. The van der Waals surface area contributed by atoms with Gasteiger partial charge in [0.25, 0.3) is 0 Å². The van der Waals surface area contributed by atoms with Gasteiger partial charge in [-0.25, -0.2) is 0 Å². The van der Waals surface area contributed by atoms with Crippen LogP contribution < -0.4 is 0 Å². The summed E-state index contributed by atoms with van der Waals surface area (Å²) in [5.74, 6) is 0.666. The fraction of sp³-hybridized carbons (Fsp3) is 0.286. The molecular formula is C14H15BrClNS. The molecular weight excluding hydrogens is 330 g/mol. The molecule has 0 bridgehead atoms. The molecule has 0 N–H and O–H groups in total. The van der Waals surface area contributed by atoms with Crippen LogP contribution in [0.15, 0.2) is 46.3 Å². The maximum atomic E-state index is 5.89. The van der Waals surface area contributed by atoms with E-state index in [4.69, 9.17) is 11.6 Å². The second-order valence-corrected chi connectivity index (χ2v) is 7.02. The van der Waals surface area contributed by atoms with E-state index in [0.717, 1.165) is 19.6 Å². The zero-order chi connectivity index (χ0) is 12.8. The van der Waals surface area contributed by atoms with E-state index < -0.39 is 0 Å². The first-order valence-electron chi connectivity index (χ1n) is 5.84. The Hall–Kier alpha value is -0.350. The molecule has 0 spiro atoms. The Morgan fingerprint density at radius 3 is 2.44 bits per heavy atom. The summed E-state index contributed by atoms with van der Waals surface area (Å²) in [7, 11) is 0. The van der Waals surface area contributed by atoms with Crippen molar-refractivity contribution in [2.24, 2.45) is 0 Å². The van der Waals surface area contributed by atoms with Crippen molar-refractivity contribution in [3.63, 3.8) is 0 Å². The Kier molecular flexibility index (Phi) is 5.70. The Labute approximate surface area is 126 Å². The summed E-state index contributed by atoms with van der Waals surface area (Å²) in [6, 6.07) is 14.8. The number of rotatable bonds is 6. The number of halogens is 2. The van der Waals surface area contributed by atoms with E-state index in [2.05, 4.69) is 57.2 Å². The molecule has 0 radical (unpaired) electrons. The molecule has 96 valence electrons. The van der Waals surface area contributed by atoms with Gasteiger partial charge < -0.3 is 0 Å². The molecule has 0 aliphatic heterocycles. The van der Waals surface area contributed by atoms with E-state index in [1.54, 1.807) is 11.3 Å². The van der Waals surface area contributed by atoms with Crippen LogP contribution >= 0.6 is 38.9 Å². The van der Waals surface area contributed by atoms with Crippen molar-refractivity contribution < 1.29 is 0 Å². The van der Waals surface area contributed by atoms with Crippen LogP contribution in [-0.4, -0.2) is 17.3 Å². The minimum Gasteiger partial charge on any atom is -0.293 e. The quantitative estimate of drug-likeness (QED) is 0.683. The summed E-state index contributed by atoms with van der Waals surface area (Å²) in [4.78, 5) is 3.74. The third-order valence-electron chi connectivity index (χ3n) is 2.66. The van der Waals surface area contributed by atoms with Crippen LogP contribution in [0, 0.1) is 0 Å². The summed E-state index contributed by atoms with van der Waals surface area (Å²) in [6.07, 6.45) is 0. The first kappa shape index (κ1) is 14.1. The second kappa shape index (κ2) is 7.29. The first-order chi connectivity index (χ1) is 8.78. The van der Waals surface area contributed by atoms with Crippen molar-refractivity contribution in [3.05, 3.63) is 56.7 Å².